The predicted octanol–water partition coefficient (Wildman–Crippen LogP) is -0.714. The summed E-state index contributed by atoms with van der Waals surface area (Å²) < 4.78 is 28.6. The molecule has 0 spiro atoms. The van der Waals surface area contributed by atoms with E-state index in [-0.39, 0.29) is 23.5 Å². The van der Waals surface area contributed by atoms with E-state index >= 15 is 0 Å². The lowest BCUT2D eigenvalue weighted by molar-refractivity contribution is -0.134. The Labute approximate surface area is 139 Å². The van der Waals surface area contributed by atoms with E-state index in [0.717, 1.165) is 26.0 Å². The van der Waals surface area contributed by atoms with Crippen molar-refractivity contribution in [2.24, 2.45) is 0 Å². The number of rotatable bonds is 7. The molecular weight excluding hydrogens is 318 g/mol. The Bertz CT molecular complexity index is 475. The maximum atomic E-state index is 12.6. The summed E-state index contributed by atoms with van der Waals surface area (Å²) in [7, 11) is 1.08. The van der Waals surface area contributed by atoms with Crippen molar-refractivity contribution >= 4 is 15.7 Å². The second kappa shape index (κ2) is 8.41. The quantitative estimate of drug-likeness (QED) is 0.606. The fourth-order valence-corrected chi connectivity index (χ4v) is 4.15. The van der Waals surface area contributed by atoms with Crippen molar-refractivity contribution in [3.8, 4) is 0 Å². The van der Waals surface area contributed by atoms with Gasteiger partial charge in [-0.05, 0) is 26.9 Å². The third-order valence-corrected chi connectivity index (χ3v) is 6.02. The van der Waals surface area contributed by atoms with Gasteiger partial charge in [-0.3, -0.25) is 9.69 Å². The third kappa shape index (κ3) is 6.37. The Kier molecular flexibility index (Phi) is 6.82. The molecule has 2 heterocycles. The lowest BCUT2D eigenvalue weighted by atomic mass is 10.2. The Morgan fingerprint density at radius 1 is 1.22 bits per heavy atom. The molecule has 0 saturated carbocycles. The zero-order valence-electron chi connectivity index (χ0n) is 14.2. The SMILES string of the molecule is CN(C)CCN(CC1CCCO1)C(=O)CN1CCS(=O)(=O)CC1. The Morgan fingerprint density at radius 2 is 1.91 bits per heavy atom. The number of likely N-dealkylation sites (N-methyl/N-ethyl adjacent to an activating group) is 1. The predicted molar refractivity (Wildman–Crippen MR) is 89.2 cm³/mol. The zero-order chi connectivity index (χ0) is 16.9. The van der Waals surface area contributed by atoms with Gasteiger partial charge < -0.3 is 14.5 Å². The molecule has 0 aromatic rings. The van der Waals surface area contributed by atoms with E-state index in [9.17, 15) is 13.2 Å². The highest BCUT2D eigenvalue weighted by molar-refractivity contribution is 7.91. The van der Waals surface area contributed by atoms with Gasteiger partial charge >= 0.3 is 0 Å². The van der Waals surface area contributed by atoms with Gasteiger partial charge in [-0.15, -0.1) is 0 Å². The smallest absolute Gasteiger partial charge is 0.236 e. The molecule has 0 radical (unpaired) electrons. The first-order valence-corrected chi connectivity index (χ1v) is 10.1. The fourth-order valence-electron chi connectivity index (χ4n) is 2.87. The van der Waals surface area contributed by atoms with Crippen LogP contribution in [0.1, 0.15) is 12.8 Å². The van der Waals surface area contributed by atoms with Gasteiger partial charge in [-0.25, -0.2) is 8.42 Å². The van der Waals surface area contributed by atoms with Crippen LogP contribution in [0.2, 0.25) is 0 Å². The molecular formula is C15H29N3O4S. The molecule has 2 rings (SSSR count). The van der Waals surface area contributed by atoms with Gasteiger partial charge in [0.05, 0.1) is 24.2 Å². The summed E-state index contributed by atoms with van der Waals surface area (Å²) in [6, 6.07) is 0. The highest BCUT2D eigenvalue weighted by Gasteiger charge is 2.27. The Balaban J connectivity index is 1.86. The number of sulfone groups is 1. The number of ether oxygens (including phenoxy) is 1. The van der Waals surface area contributed by atoms with Gasteiger partial charge in [0, 0.05) is 39.3 Å². The largest absolute Gasteiger partial charge is 0.376 e. The van der Waals surface area contributed by atoms with Crippen LogP contribution in [0.3, 0.4) is 0 Å². The van der Waals surface area contributed by atoms with Crippen LogP contribution >= 0.6 is 0 Å². The second-order valence-corrected chi connectivity index (χ2v) is 9.01. The van der Waals surface area contributed by atoms with Crippen LogP contribution in [0.25, 0.3) is 0 Å². The lowest BCUT2D eigenvalue weighted by Gasteiger charge is -2.31. The van der Waals surface area contributed by atoms with E-state index < -0.39 is 9.84 Å². The maximum Gasteiger partial charge on any atom is 0.236 e. The van der Waals surface area contributed by atoms with Crippen LogP contribution in [0, 0.1) is 0 Å². The number of carbonyl (C=O) groups is 1. The molecule has 1 amide bonds. The van der Waals surface area contributed by atoms with Crippen LogP contribution in [-0.4, -0.2) is 107 Å². The summed E-state index contributed by atoms with van der Waals surface area (Å²) in [6.45, 7) is 4.12. The van der Waals surface area contributed by atoms with E-state index in [1.165, 1.54) is 0 Å². The standard InChI is InChI=1S/C15H29N3O4S/c1-16(2)5-6-18(12-14-4-3-9-22-14)15(19)13-17-7-10-23(20,21)11-8-17/h14H,3-13H2,1-2H3. The number of carbonyl (C=O) groups excluding carboxylic acids is 1. The van der Waals surface area contributed by atoms with Gasteiger partial charge in [0.2, 0.25) is 5.91 Å². The number of hydrogen-bond acceptors (Lipinski definition) is 6. The van der Waals surface area contributed by atoms with Crippen molar-refractivity contribution in [3.63, 3.8) is 0 Å². The van der Waals surface area contributed by atoms with Crippen LogP contribution in [0.15, 0.2) is 0 Å². The normalized spacial score (nSPS) is 24.9. The first kappa shape index (κ1) is 18.6. The van der Waals surface area contributed by atoms with Crippen LogP contribution < -0.4 is 0 Å². The van der Waals surface area contributed by atoms with Crippen molar-refractivity contribution < 1.29 is 17.9 Å². The molecule has 7 nitrogen and oxygen atoms in total. The minimum Gasteiger partial charge on any atom is -0.376 e. The van der Waals surface area contributed by atoms with Gasteiger partial charge in [0.1, 0.15) is 0 Å². The van der Waals surface area contributed by atoms with E-state index in [1.54, 1.807) is 0 Å². The molecule has 2 aliphatic rings. The molecule has 2 aliphatic heterocycles. The van der Waals surface area contributed by atoms with Crippen LogP contribution in [0.5, 0.6) is 0 Å². The minimum atomic E-state index is -2.91. The van der Waals surface area contributed by atoms with Gasteiger partial charge in [0.15, 0.2) is 9.84 Å². The first-order chi connectivity index (χ1) is 10.9. The summed E-state index contributed by atoms with van der Waals surface area (Å²) in [4.78, 5) is 18.5. The van der Waals surface area contributed by atoms with Crippen molar-refractivity contribution in [2.45, 2.75) is 18.9 Å². The lowest BCUT2D eigenvalue weighted by Crippen LogP contribution is -2.49. The zero-order valence-corrected chi connectivity index (χ0v) is 15.1. The molecule has 8 heteroatoms. The summed E-state index contributed by atoms with van der Waals surface area (Å²) in [5.74, 6) is 0.384. The maximum absolute atomic E-state index is 12.6. The molecule has 0 aromatic heterocycles. The number of hydrogen-bond donors (Lipinski definition) is 0. The molecule has 2 saturated heterocycles. The molecule has 1 unspecified atom stereocenters. The average molecular weight is 347 g/mol. The Hall–Kier alpha value is -0.700. The van der Waals surface area contributed by atoms with E-state index in [0.29, 0.717) is 32.7 Å². The molecule has 0 aliphatic carbocycles. The van der Waals surface area contributed by atoms with Crippen LogP contribution in [0.4, 0.5) is 0 Å². The van der Waals surface area contributed by atoms with E-state index in [1.807, 2.05) is 23.9 Å². The summed E-state index contributed by atoms with van der Waals surface area (Å²) in [6.07, 6.45) is 2.21. The first-order valence-electron chi connectivity index (χ1n) is 8.32. The third-order valence-electron chi connectivity index (χ3n) is 4.41. The van der Waals surface area contributed by atoms with Gasteiger partial charge in [-0.2, -0.15) is 0 Å². The molecule has 23 heavy (non-hydrogen) atoms. The molecule has 0 bridgehead atoms. The second-order valence-electron chi connectivity index (χ2n) is 6.71. The molecule has 134 valence electrons. The van der Waals surface area contributed by atoms with E-state index in [4.69, 9.17) is 4.74 Å². The van der Waals surface area contributed by atoms with Crippen molar-refractivity contribution in [2.75, 3.05) is 71.5 Å². The molecule has 0 N–H and O–H groups in total. The molecule has 0 aromatic carbocycles. The monoisotopic (exact) mass is 347 g/mol. The van der Waals surface area contributed by atoms with Gasteiger partial charge in [0.25, 0.3) is 0 Å². The van der Waals surface area contributed by atoms with Crippen molar-refractivity contribution in [3.05, 3.63) is 0 Å². The van der Waals surface area contributed by atoms with Crippen molar-refractivity contribution in [1.29, 1.82) is 0 Å². The number of amides is 1. The van der Waals surface area contributed by atoms with E-state index in [2.05, 4.69) is 4.90 Å². The molecule has 2 fully saturated rings. The fraction of sp³-hybridized carbons (Fsp3) is 0.933. The summed E-state index contributed by atoms with van der Waals surface area (Å²) in [5.41, 5.74) is 0. The van der Waals surface area contributed by atoms with Crippen LogP contribution in [-0.2, 0) is 19.4 Å². The average Bonchev–Trinajstić information content (AvgIpc) is 2.98. The number of nitrogens with zero attached hydrogens (tertiary/aromatic N) is 3. The minimum absolute atomic E-state index is 0.0710. The summed E-state index contributed by atoms with van der Waals surface area (Å²) >= 11 is 0. The highest BCUT2D eigenvalue weighted by atomic mass is 32.2. The topological polar surface area (TPSA) is 70.2 Å². The molecule has 1 atom stereocenters. The highest BCUT2D eigenvalue weighted by Crippen LogP contribution is 2.14. The summed E-state index contributed by atoms with van der Waals surface area (Å²) in [5, 5.41) is 0. The van der Waals surface area contributed by atoms with Crippen molar-refractivity contribution in [1.82, 2.24) is 14.7 Å². The Morgan fingerprint density at radius 3 is 2.48 bits per heavy atom. The van der Waals surface area contributed by atoms with Gasteiger partial charge in [-0.1, -0.05) is 0 Å².